The van der Waals surface area contributed by atoms with E-state index >= 15 is 0 Å². The Hall–Kier alpha value is -1.56. The number of benzene rings is 2. The van der Waals surface area contributed by atoms with Crippen LogP contribution in [-0.2, 0) is 9.16 Å². The van der Waals surface area contributed by atoms with E-state index in [4.69, 9.17) is 21.4 Å². The fraction of sp³-hybridized carbons (Fsp3) is 0.381. The van der Waals surface area contributed by atoms with Crippen molar-refractivity contribution in [3.63, 3.8) is 0 Å². The van der Waals surface area contributed by atoms with Crippen LogP contribution < -0.4 is 10.4 Å². The third-order valence-electron chi connectivity index (χ3n) is 4.91. The van der Waals surface area contributed by atoms with Crippen LogP contribution in [0.15, 0.2) is 60.7 Å². The SMILES string of the molecule is CC(C)(C)[Si](OC[C@H]1C[C@@H](F)C(=S)O1)(c1ccccc1)c1ccccc1. The molecule has 0 bridgehead atoms. The second-order valence-corrected chi connectivity index (χ2v) is 12.4. The van der Waals surface area contributed by atoms with Gasteiger partial charge in [-0.15, -0.1) is 0 Å². The van der Waals surface area contributed by atoms with Gasteiger partial charge in [-0.1, -0.05) is 81.4 Å². The molecule has 1 saturated heterocycles. The lowest BCUT2D eigenvalue weighted by atomic mass is 10.2. The molecule has 0 aromatic heterocycles. The fourth-order valence-corrected chi connectivity index (χ4v) is 8.52. The van der Waals surface area contributed by atoms with Gasteiger partial charge in [-0.3, -0.25) is 0 Å². The first-order chi connectivity index (χ1) is 12.3. The van der Waals surface area contributed by atoms with Gasteiger partial charge in [-0.05, 0) is 27.6 Å². The lowest BCUT2D eigenvalue weighted by Gasteiger charge is -2.43. The molecule has 0 saturated carbocycles. The maximum absolute atomic E-state index is 13.8. The molecule has 138 valence electrons. The minimum absolute atomic E-state index is 0.0565. The van der Waals surface area contributed by atoms with Crippen LogP contribution in [0.1, 0.15) is 27.2 Å². The van der Waals surface area contributed by atoms with Crippen LogP contribution in [0.2, 0.25) is 5.04 Å². The van der Waals surface area contributed by atoms with E-state index in [2.05, 4.69) is 45.0 Å². The molecule has 0 aliphatic carbocycles. The van der Waals surface area contributed by atoms with Gasteiger partial charge in [0, 0.05) is 6.42 Å². The Morgan fingerprint density at radius 2 is 1.54 bits per heavy atom. The van der Waals surface area contributed by atoms with Crippen molar-refractivity contribution in [1.29, 1.82) is 0 Å². The summed E-state index contributed by atoms with van der Waals surface area (Å²) in [6.07, 6.45) is -1.21. The first-order valence-electron chi connectivity index (χ1n) is 8.94. The first kappa shape index (κ1) is 19.2. The summed E-state index contributed by atoms with van der Waals surface area (Å²) in [5.74, 6) is 0. The smallest absolute Gasteiger partial charge is 0.261 e. The standard InChI is InChI=1S/C21H25FO2SSi/c1-21(2,3)26(17-10-6-4-7-11-17,18-12-8-5-9-13-18)23-15-16-14-19(22)20(25)24-16/h4-13,16,19H,14-15H2,1-3H3/t16-,19-/m1/s1. The molecule has 0 amide bonds. The van der Waals surface area contributed by atoms with E-state index in [1.165, 1.54) is 10.4 Å². The number of hydrogen-bond donors (Lipinski definition) is 0. The molecule has 0 unspecified atom stereocenters. The predicted molar refractivity (Wildman–Crippen MR) is 111 cm³/mol. The Balaban J connectivity index is 2.02. The zero-order valence-electron chi connectivity index (χ0n) is 15.4. The summed E-state index contributed by atoms with van der Waals surface area (Å²) in [5, 5.41) is 2.36. The lowest BCUT2D eigenvalue weighted by Crippen LogP contribution is -2.67. The van der Waals surface area contributed by atoms with Gasteiger partial charge in [0.05, 0.1) is 6.61 Å². The van der Waals surface area contributed by atoms with Gasteiger partial charge in [0.2, 0.25) is 0 Å². The maximum Gasteiger partial charge on any atom is 0.261 e. The van der Waals surface area contributed by atoms with Crippen LogP contribution in [0.3, 0.4) is 0 Å². The summed E-state index contributed by atoms with van der Waals surface area (Å²) in [4.78, 5) is 0. The summed E-state index contributed by atoms with van der Waals surface area (Å²) in [7, 11) is -2.61. The number of rotatable bonds is 5. The molecule has 1 aliphatic heterocycles. The molecule has 2 aromatic carbocycles. The third-order valence-corrected chi connectivity index (χ3v) is 10.3. The molecule has 2 atom stereocenters. The molecule has 1 aliphatic rings. The molecular formula is C21H25FO2SSi. The van der Waals surface area contributed by atoms with Crippen molar-refractivity contribution in [2.24, 2.45) is 0 Å². The second-order valence-electron chi connectivity index (χ2n) is 7.74. The molecule has 0 N–H and O–H groups in total. The third kappa shape index (κ3) is 3.61. The molecule has 0 radical (unpaired) electrons. The summed E-state index contributed by atoms with van der Waals surface area (Å²) >= 11 is 4.95. The van der Waals surface area contributed by atoms with Gasteiger partial charge in [0.1, 0.15) is 6.10 Å². The molecule has 5 heteroatoms. The van der Waals surface area contributed by atoms with E-state index in [9.17, 15) is 4.39 Å². The number of ether oxygens (including phenoxy) is 1. The lowest BCUT2D eigenvalue weighted by molar-refractivity contribution is 0.133. The average molecular weight is 389 g/mol. The highest BCUT2D eigenvalue weighted by molar-refractivity contribution is 7.80. The topological polar surface area (TPSA) is 18.5 Å². The largest absolute Gasteiger partial charge is 0.478 e. The van der Waals surface area contributed by atoms with Gasteiger partial charge in [-0.2, -0.15) is 0 Å². The van der Waals surface area contributed by atoms with Crippen molar-refractivity contribution >= 4 is 36.0 Å². The van der Waals surface area contributed by atoms with Gasteiger partial charge in [0.25, 0.3) is 8.32 Å². The summed E-state index contributed by atoms with van der Waals surface area (Å²) in [6.45, 7) is 7.00. The van der Waals surface area contributed by atoms with Crippen molar-refractivity contribution in [2.45, 2.75) is 44.5 Å². The zero-order chi connectivity index (χ0) is 18.8. The first-order valence-corrected chi connectivity index (χ1v) is 11.3. The Kier molecular flexibility index (Phi) is 5.60. The molecule has 1 fully saturated rings. The number of thiocarbonyl (C=S) groups is 1. The normalized spacial score (nSPS) is 20.8. The van der Waals surface area contributed by atoms with E-state index in [-0.39, 0.29) is 22.6 Å². The van der Waals surface area contributed by atoms with Crippen LogP contribution in [0.25, 0.3) is 0 Å². The van der Waals surface area contributed by atoms with E-state index in [1.807, 2.05) is 36.4 Å². The molecule has 3 rings (SSSR count). The van der Waals surface area contributed by atoms with E-state index in [1.54, 1.807) is 0 Å². The fourth-order valence-electron chi connectivity index (χ4n) is 3.69. The highest BCUT2D eigenvalue weighted by atomic mass is 32.1. The molecular weight excluding hydrogens is 363 g/mol. The number of alkyl halides is 1. The van der Waals surface area contributed by atoms with Gasteiger partial charge in [0.15, 0.2) is 11.2 Å². The van der Waals surface area contributed by atoms with E-state index in [0.717, 1.165) is 0 Å². The van der Waals surface area contributed by atoms with Crippen molar-refractivity contribution in [1.82, 2.24) is 0 Å². The Labute approximate surface area is 161 Å². The minimum atomic E-state index is -2.61. The zero-order valence-corrected chi connectivity index (χ0v) is 17.3. The molecule has 1 heterocycles. The predicted octanol–water partition coefficient (Wildman–Crippen LogP) is 4.02. The summed E-state index contributed by atoms with van der Waals surface area (Å²) in [5.41, 5.74) is 0. The molecule has 26 heavy (non-hydrogen) atoms. The maximum atomic E-state index is 13.8. The number of halogens is 1. The van der Waals surface area contributed by atoms with Crippen LogP contribution in [0.5, 0.6) is 0 Å². The molecule has 2 nitrogen and oxygen atoms in total. The summed E-state index contributed by atoms with van der Waals surface area (Å²) < 4.78 is 26.0. The van der Waals surface area contributed by atoms with Crippen LogP contribution >= 0.6 is 12.2 Å². The van der Waals surface area contributed by atoms with Crippen LogP contribution in [0.4, 0.5) is 4.39 Å². The van der Waals surface area contributed by atoms with Crippen LogP contribution in [-0.4, -0.2) is 32.3 Å². The highest BCUT2D eigenvalue weighted by Gasteiger charge is 2.50. The van der Waals surface area contributed by atoms with E-state index < -0.39 is 14.5 Å². The monoisotopic (exact) mass is 388 g/mol. The van der Waals surface area contributed by atoms with E-state index in [0.29, 0.717) is 6.61 Å². The van der Waals surface area contributed by atoms with Crippen molar-refractivity contribution in [3.05, 3.63) is 60.7 Å². The molecule has 2 aromatic rings. The van der Waals surface area contributed by atoms with Gasteiger partial charge in [-0.25, -0.2) is 4.39 Å². The van der Waals surface area contributed by atoms with Gasteiger partial charge >= 0.3 is 0 Å². The quantitative estimate of drug-likeness (QED) is 0.569. The number of hydrogen-bond acceptors (Lipinski definition) is 3. The Morgan fingerprint density at radius 1 is 1.04 bits per heavy atom. The van der Waals surface area contributed by atoms with Crippen molar-refractivity contribution in [3.8, 4) is 0 Å². The molecule has 0 spiro atoms. The Morgan fingerprint density at radius 3 is 1.92 bits per heavy atom. The summed E-state index contributed by atoms with van der Waals surface area (Å²) in [6, 6.07) is 20.8. The van der Waals surface area contributed by atoms with Crippen LogP contribution in [0, 0.1) is 0 Å². The van der Waals surface area contributed by atoms with Crippen molar-refractivity contribution < 1.29 is 13.6 Å². The minimum Gasteiger partial charge on any atom is -0.478 e. The van der Waals surface area contributed by atoms with Gasteiger partial charge < -0.3 is 9.16 Å². The second kappa shape index (κ2) is 7.59. The Bertz CT molecular complexity index is 706. The average Bonchev–Trinajstić information content (AvgIpc) is 2.94. The highest BCUT2D eigenvalue weighted by Crippen LogP contribution is 2.37. The van der Waals surface area contributed by atoms with Crippen molar-refractivity contribution in [2.75, 3.05) is 6.61 Å².